The number of carbonyl (C=O) groups is 2. The lowest BCUT2D eigenvalue weighted by Gasteiger charge is -2.09. The molecule has 0 radical (unpaired) electrons. The lowest BCUT2D eigenvalue weighted by Crippen LogP contribution is -2.39. The van der Waals surface area contributed by atoms with Crippen LogP contribution < -0.4 is 5.32 Å². The third-order valence-electron chi connectivity index (χ3n) is 2.62. The van der Waals surface area contributed by atoms with E-state index in [1.165, 1.54) is 6.92 Å². The number of aliphatic carboxylic acids is 1. The van der Waals surface area contributed by atoms with Gasteiger partial charge in [0.15, 0.2) is 0 Å². The fourth-order valence-electron chi connectivity index (χ4n) is 1.63. The van der Waals surface area contributed by atoms with E-state index in [-0.39, 0.29) is 12.3 Å². The molecule has 1 aromatic carbocycles. The lowest BCUT2D eigenvalue weighted by molar-refractivity contribution is -0.141. The maximum Gasteiger partial charge on any atom is 0.325 e. The molecule has 1 aromatic heterocycles. The van der Waals surface area contributed by atoms with Gasteiger partial charge in [-0.25, -0.2) is 0 Å². The topological polar surface area (TPSA) is 95.1 Å². The predicted molar refractivity (Wildman–Crippen MR) is 65.0 cm³/mol. The first-order chi connectivity index (χ1) is 8.56. The summed E-state index contributed by atoms with van der Waals surface area (Å²) in [6.07, 6.45) is 1.85. The minimum Gasteiger partial charge on any atom is -0.480 e. The maximum absolute atomic E-state index is 11.6. The van der Waals surface area contributed by atoms with Crippen molar-refractivity contribution in [3.8, 4) is 0 Å². The van der Waals surface area contributed by atoms with Gasteiger partial charge in [0.25, 0.3) is 0 Å². The van der Waals surface area contributed by atoms with Gasteiger partial charge in [-0.15, -0.1) is 0 Å². The van der Waals surface area contributed by atoms with Crippen LogP contribution in [-0.2, 0) is 16.0 Å². The highest BCUT2D eigenvalue weighted by Gasteiger charge is 2.14. The molecule has 0 saturated carbocycles. The molecular weight excluding hydrogens is 234 g/mol. The highest BCUT2D eigenvalue weighted by Crippen LogP contribution is 2.13. The van der Waals surface area contributed by atoms with E-state index >= 15 is 0 Å². The van der Waals surface area contributed by atoms with Crippen LogP contribution in [0.4, 0.5) is 0 Å². The number of carboxylic acids is 1. The molecule has 0 aliphatic rings. The SMILES string of the molecule is CC(NC(=O)Cc1ccc2cn[nH]c2c1)C(=O)O. The summed E-state index contributed by atoms with van der Waals surface area (Å²) in [5, 5.41) is 18.8. The standard InChI is InChI=1S/C12H13N3O3/c1-7(12(17)18)14-11(16)5-8-2-3-9-6-13-15-10(9)4-8/h2-4,6-7H,5H2,1H3,(H,13,15)(H,14,16)(H,17,18). The summed E-state index contributed by atoms with van der Waals surface area (Å²) in [5.74, 6) is -1.36. The molecule has 0 fully saturated rings. The summed E-state index contributed by atoms with van der Waals surface area (Å²) in [5.41, 5.74) is 1.66. The van der Waals surface area contributed by atoms with Crippen molar-refractivity contribution in [2.24, 2.45) is 0 Å². The number of nitrogens with zero attached hydrogens (tertiary/aromatic N) is 1. The van der Waals surface area contributed by atoms with Crippen LogP contribution in [0.1, 0.15) is 12.5 Å². The third-order valence-corrected chi connectivity index (χ3v) is 2.62. The summed E-state index contributed by atoms with van der Waals surface area (Å²) in [6, 6.07) is 4.63. The molecular formula is C12H13N3O3. The number of hydrogen-bond donors (Lipinski definition) is 3. The van der Waals surface area contributed by atoms with Gasteiger partial charge in [-0.05, 0) is 18.6 Å². The van der Waals surface area contributed by atoms with Crippen LogP contribution in [0.25, 0.3) is 10.9 Å². The van der Waals surface area contributed by atoms with Crippen molar-refractivity contribution in [3.05, 3.63) is 30.0 Å². The number of rotatable bonds is 4. The zero-order valence-electron chi connectivity index (χ0n) is 9.80. The average Bonchev–Trinajstić information content (AvgIpc) is 2.75. The summed E-state index contributed by atoms with van der Waals surface area (Å²) in [6.45, 7) is 1.43. The summed E-state index contributed by atoms with van der Waals surface area (Å²) in [7, 11) is 0. The van der Waals surface area contributed by atoms with Gasteiger partial charge in [0.2, 0.25) is 5.91 Å². The normalized spacial score (nSPS) is 12.3. The molecule has 2 rings (SSSR count). The number of hydrogen-bond acceptors (Lipinski definition) is 3. The number of carboxylic acid groups (broad SMARTS) is 1. The van der Waals surface area contributed by atoms with E-state index in [1.54, 1.807) is 6.20 Å². The Morgan fingerprint density at radius 3 is 3.00 bits per heavy atom. The predicted octanol–water partition coefficient (Wildman–Crippen LogP) is 0.695. The van der Waals surface area contributed by atoms with Crippen molar-refractivity contribution in [2.45, 2.75) is 19.4 Å². The monoisotopic (exact) mass is 247 g/mol. The molecule has 0 aliphatic heterocycles. The molecule has 2 aromatic rings. The largest absolute Gasteiger partial charge is 0.480 e. The van der Waals surface area contributed by atoms with E-state index in [2.05, 4.69) is 15.5 Å². The number of amides is 1. The first-order valence-corrected chi connectivity index (χ1v) is 5.50. The molecule has 94 valence electrons. The van der Waals surface area contributed by atoms with E-state index in [9.17, 15) is 9.59 Å². The van der Waals surface area contributed by atoms with Gasteiger partial charge in [-0.1, -0.05) is 12.1 Å². The highest BCUT2D eigenvalue weighted by molar-refractivity contribution is 5.86. The molecule has 18 heavy (non-hydrogen) atoms. The summed E-state index contributed by atoms with van der Waals surface area (Å²) in [4.78, 5) is 22.2. The Bertz CT molecular complexity index is 591. The van der Waals surface area contributed by atoms with Crippen molar-refractivity contribution in [2.75, 3.05) is 0 Å². The van der Waals surface area contributed by atoms with Crippen LogP contribution in [0.3, 0.4) is 0 Å². The number of aromatic nitrogens is 2. The van der Waals surface area contributed by atoms with Crippen LogP contribution in [0.5, 0.6) is 0 Å². The average molecular weight is 247 g/mol. The van der Waals surface area contributed by atoms with E-state index in [0.717, 1.165) is 16.5 Å². The van der Waals surface area contributed by atoms with Gasteiger partial charge < -0.3 is 10.4 Å². The van der Waals surface area contributed by atoms with Crippen molar-refractivity contribution in [1.29, 1.82) is 0 Å². The Hall–Kier alpha value is -2.37. The minimum atomic E-state index is -1.05. The first-order valence-electron chi connectivity index (χ1n) is 5.50. The third kappa shape index (κ3) is 2.65. The Labute approximate surface area is 103 Å². The second kappa shape index (κ2) is 4.87. The highest BCUT2D eigenvalue weighted by atomic mass is 16.4. The maximum atomic E-state index is 11.6. The van der Waals surface area contributed by atoms with E-state index in [1.807, 2.05) is 18.2 Å². The number of H-pyrrole nitrogens is 1. The van der Waals surface area contributed by atoms with Crippen LogP contribution in [-0.4, -0.2) is 33.2 Å². The van der Waals surface area contributed by atoms with Crippen LogP contribution in [0.15, 0.2) is 24.4 Å². The zero-order valence-corrected chi connectivity index (χ0v) is 9.80. The smallest absolute Gasteiger partial charge is 0.325 e. The fraction of sp³-hybridized carbons (Fsp3) is 0.250. The quantitative estimate of drug-likeness (QED) is 0.741. The van der Waals surface area contributed by atoms with Gasteiger partial charge >= 0.3 is 5.97 Å². The molecule has 6 nitrogen and oxygen atoms in total. The van der Waals surface area contributed by atoms with Crippen molar-refractivity contribution >= 4 is 22.8 Å². The Balaban J connectivity index is 2.04. The number of aromatic amines is 1. The van der Waals surface area contributed by atoms with Gasteiger partial charge in [0, 0.05) is 5.39 Å². The molecule has 3 N–H and O–H groups in total. The zero-order chi connectivity index (χ0) is 13.1. The molecule has 6 heteroatoms. The second-order valence-corrected chi connectivity index (χ2v) is 4.10. The number of benzene rings is 1. The summed E-state index contributed by atoms with van der Waals surface area (Å²) >= 11 is 0. The van der Waals surface area contributed by atoms with Crippen LogP contribution in [0, 0.1) is 0 Å². The molecule has 0 saturated heterocycles. The number of nitrogens with one attached hydrogen (secondary N) is 2. The molecule has 1 atom stereocenters. The van der Waals surface area contributed by atoms with Crippen molar-refractivity contribution in [3.63, 3.8) is 0 Å². The van der Waals surface area contributed by atoms with Gasteiger partial charge in [-0.3, -0.25) is 14.7 Å². The van der Waals surface area contributed by atoms with Gasteiger partial charge in [0.1, 0.15) is 6.04 Å². The molecule has 1 amide bonds. The van der Waals surface area contributed by atoms with Crippen molar-refractivity contribution < 1.29 is 14.7 Å². The van der Waals surface area contributed by atoms with Crippen LogP contribution in [0.2, 0.25) is 0 Å². The van der Waals surface area contributed by atoms with E-state index in [4.69, 9.17) is 5.11 Å². The number of fused-ring (bicyclic) bond motifs is 1. The minimum absolute atomic E-state index is 0.145. The second-order valence-electron chi connectivity index (χ2n) is 4.10. The van der Waals surface area contributed by atoms with E-state index < -0.39 is 12.0 Å². The molecule has 0 bridgehead atoms. The fourth-order valence-corrected chi connectivity index (χ4v) is 1.63. The van der Waals surface area contributed by atoms with Crippen LogP contribution >= 0.6 is 0 Å². The van der Waals surface area contributed by atoms with Gasteiger partial charge in [0.05, 0.1) is 18.1 Å². The Morgan fingerprint density at radius 2 is 2.28 bits per heavy atom. The number of carbonyl (C=O) groups excluding carboxylic acids is 1. The summed E-state index contributed by atoms with van der Waals surface area (Å²) < 4.78 is 0. The van der Waals surface area contributed by atoms with Crippen molar-refractivity contribution in [1.82, 2.24) is 15.5 Å². The Kier molecular flexibility index (Phi) is 3.27. The molecule has 0 spiro atoms. The Morgan fingerprint density at radius 1 is 1.50 bits per heavy atom. The van der Waals surface area contributed by atoms with E-state index in [0.29, 0.717) is 0 Å². The molecule has 0 aliphatic carbocycles. The lowest BCUT2D eigenvalue weighted by atomic mass is 10.1. The first kappa shape index (κ1) is 12.1. The molecule has 1 heterocycles. The van der Waals surface area contributed by atoms with Gasteiger partial charge in [-0.2, -0.15) is 5.10 Å². The molecule has 1 unspecified atom stereocenters.